The van der Waals surface area contributed by atoms with E-state index in [4.69, 9.17) is 21.3 Å². The highest BCUT2D eigenvalue weighted by Crippen LogP contribution is 2.34. The molecule has 0 radical (unpaired) electrons. The summed E-state index contributed by atoms with van der Waals surface area (Å²) in [4.78, 5) is 7.14. The molecule has 0 amide bonds. The van der Waals surface area contributed by atoms with Crippen LogP contribution in [-0.2, 0) is 11.8 Å². The van der Waals surface area contributed by atoms with Gasteiger partial charge in [0.1, 0.15) is 5.82 Å². The SMILES string of the molecule is C[C@@H]1COCCN1c1cc(-c2ccnn2C)c2cccc(Cl)c2n1. The van der Waals surface area contributed by atoms with Crippen molar-refractivity contribution in [1.82, 2.24) is 14.8 Å². The Bertz CT molecular complexity index is 892. The summed E-state index contributed by atoms with van der Waals surface area (Å²) in [5.41, 5.74) is 2.97. The number of nitrogens with zero attached hydrogens (tertiary/aromatic N) is 4. The molecule has 1 atom stereocenters. The summed E-state index contributed by atoms with van der Waals surface area (Å²) in [7, 11) is 1.95. The summed E-state index contributed by atoms with van der Waals surface area (Å²) in [6.07, 6.45) is 1.81. The van der Waals surface area contributed by atoms with Gasteiger partial charge in [-0.25, -0.2) is 4.98 Å². The number of halogens is 1. The van der Waals surface area contributed by atoms with Crippen LogP contribution < -0.4 is 4.90 Å². The van der Waals surface area contributed by atoms with Crippen LogP contribution in [0.15, 0.2) is 36.5 Å². The van der Waals surface area contributed by atoms with E-state index in [9.17, 15) is 0 Å². The average molecular weight is 343 g/mol. The maximum atomic E-state index is 6.45. The molecule has 2 aromatic heterocycles. The van der Waals surface area contributed by atoms with Gasteiger partial charge in [-0.3, -0.25) is 4.68 Å². The quantitative estimate of drug-likeness (QED) is 0.714. The van der Waals surface area contributed by atoms with E-state index < -0.39 is 0 Å². The Morgan fingerprint density at radius 2 is 2.17 bits per heavy atom. The van der Waals surface area contributed by atoms with E-state index in [1.165, 1.54) is 0 Å². The van der Waals surface area contributed by atoms with Gasteiger partial charge in [0.2, 0.25) is 0 Å². The van der Waals surface area contributed by atoms with Crippen molar-refractivity contribution in [2.24, 2.45) is 7.05 Å². The lowest BCUT2D eigenvalue weighted by atomic mass is 10.1. The number of rotatable bonds is 2. The fraction of sp³-hybridized carbons (Fsp3) is 0.333. The van der Waals surface area contributed by atoms with E-state index in [0.717, 1.165) is 34.5 Å². The highest BCUT2D eigenvalue weighted by atomic mass is 35.5. The van der Waals surface area contributed by atoms with Gasteiger partial charge in [0.25, 0.3) is 0 Å². The molecule has 0 saturated carbocycles. The Morgan fingerprint density at radius 1 is 1.29 bits per heavy atom. The van der Waals surface area contributed by atoms with Crippen LogP contribution in [0.25, 0.3) is 22.2 Å². The molecule has 1 fully saturated rings. The standard InChI is InChI=1S/C18H19ClN4O/c1-12-11-24-9-8-23(12)17-10-14(16-6-7-20-22(16)2)13-4-3-5-15(19)18(13)21-17/h3-7,10,12H,8-9,11H2,1-2H3/t12-/m1/s1. The van der Waals surface area contributed by atoms with Crippen molar-refractivity contribution >= 4 is 28.3 Å². The number of para-hydroxylation sites is 1. The number of aromatic nitrogens is 3. The molecule has 1 aliphatic heterocycles. The number of morpholine rings is 1. The van der Waals surface area contributed by atoms with E-state index in [2.05, 4.69) is 29.1 Å². The lowest BCUT2D eigenvalue weighted by Gasteiger charge is -2.34. The maximum absolute atomic E-state index is 6.45. The molecule has 1 saturated heterocycles. The van der Waals surface area contributed by atoms with Crippen LogP contribution in [0.4, 0.5) is 5.82 Å². The predicted molar refractivity (Wildman–Crippen MR) is 96.6 cm³/mol. The summed E-state index contributed by atoms with van der Waals surface area (Å²) in [5.74, 6) is 0.933. The minimum absolute atomic E-state index is 0.283. The third kappa shape index (κ3) is 2.54. The highest BCUT2D eigenvalue weighted by Gasteiger charge is 2.22. The third-order valence-corrected chi connectivity index (χ3v) is 4.84. The Balaban J connectivity index is 1.96. The monoisotopic (exact) mass is 342 g/mol. The van der Waals surface area contributed by atoms with Crippen molar-refractivity contribution in [3.63, 3.8) is 0 Å². The number of hydrogen-bond donors (Lipinski definition) is 0. The van der Waals surface area contributed by atoms with E-state index in [1.54, 1.807) is 0 Å². The molecule has 3 aromatic rings. The normalized spacial score (nSPS) is 18.3. The smallest absolute Gasteiger partial charge is 0.130 e. The van der Waals surface area contributed by atoms with Gasteiger partial charge in [-0.1, -0.05) is 23.7 Å². The van der Waals surface area contributed by atoms with Crippen molar-refractivity contribution in [2.75, 3.05) is 24.7 Å². The van der Waals surface area contributed by atoms with Crippen molar-refractivity contribution in [3.05, 3.63) is 41.6 Å². The molecule has 6 heteroatoms. The molecule has 4 rings (SSSR count). The second-order valence-corrected chi connectivity index (χ2v) is 6.53. The molecule has 3 heterocycles. The van der Waals surface area contributed by atoms with Gasteiger partial charge >= 0.3 is 0 Å². The molecule has 0 N–H and O–H groups in total. The zero-order valence-corrected chi connectivity index (χ0v) is 14.5. The minimum Gasteiger partial charge on any atom is -0.377 e. The van der Waals surface area contributed by atoms with Crippen molar-refractivity contribution in [2.45, 2.75) is 13.0 Å². The summed E-state index contributed by atoms with van der Waals surface area (Å²) < 4.78 is 7.43. The van der Waals surface area contributed by atoms with Gasteiger partial charge in [0.15, 0.2) is 0 Å². The first-order valence-electron chi connectivity index (χ1n) is 8.07. The Kier molecular flexibility index (Phi) is 3.90. The summed E-state index contributed by atoms with van der Waals surface area (Å²) in [6.45, 7) is 4.41. The highest BCUT2D eigenvalue weighted by molar-refractivity contribution is 6.35. The van der Waals surface area contributed by atoms with Gasteiger partial charge in [0.05, 0.1) is 35.5 Å². The minimum atomic E-state index is 0.283. The second-order valence-electron chi connectivity index (χ2n) is 6.12. The number of anilines is 1. The molecule has 124 valence electrons. The van der Waals surface area contributed by atoms with E-state index >= 15 is 0 Å². The fourth-order valence-electron chi connectivity index (χ4n) is 3.26. The van der Waals surface area contributed by atoms with Crippen LogP contribution in [0, 0.1) is 0 Å². The van der Waals surface area contributed by atoms with Crippen molar-refractivity contribution < 1.29 is 4.74 Å². The summed E-state index contributed by atoms with van der Waals surface area (Å²) >= 11 is 6.45. The van der Waals surface area contributed by atoms with Crippen LogP contribution in [0.1, 0.15) is 6.92 Å². The summed E-state index contributed by atoms with van der Waals surface area (Å²) in [6, 6.07) is 10.3. The van der Waals surface area contributed by atoms with Gasteiger partial charge in [0, 0.05) is 30.7 Å². The molecule has 24 heavy (non-hydrogen) atoms. The fourth-order valence-corrected chi connectivity index (χ4v) is 3.48. The molecular weight excluding hydrogens is 324 g/mol. The lowest BCUT2D eigenvalue weighted by Crippen LogP contribution is -2.44. The molecule has 0 bridgehead atoms. The van der Waals surface area contributed by atoms with Gasteiger partial charge < -0.3 is 9.64 Å². The molecular formula is C18H19ClN4O. The molecule has 0 unspecified atom stereocenters. The molecule has 0 spiro atoms. The first kappa shape index (κ1) is 15.4. The number of benzene rings is 1. The maximum Gasteiger partial charge on any atom is 0.130 e. The Hall–Kier alpha value is -2.11. The molecule has 0 aliphatic carbocycles. The van der Waals surface area contributed by atoms with E-state index in [0.29, 0.717) is 18.2 Å². The first-order valence-corrected chi connectivity index (χ1v) is 8.45. The van der Waals surface area contributed by atoms with Crippen LogP contribution in [0.2, 0.25) is 5.02 Å². The van der Waals surface area contributed by atoms with Crippen LogP contribution in [0.5, 0.6) is 0 Å². The summed E-state index contributed by atoms with van der Waals surface area (Å²) in [5, 5.41) is 6.01. The predicted octanol–water partition coefficient (Wildman–Crippen LogP) is 3.51. The van der Waals surface area contributed by atoms with Crippen LogP contribution in [-0.4, -0.2) is 40.6 Å². The zero-order chi connectivity index (χ0) is 16.7. The van der Waals surface area contributed by atoms with Gasteiger partial charge in [-0.2, -0.15) is 5.10 Å². The molecule has 5 nitrogen and oxygen atoms in total. The van der Waals surface area contributed by atoms with E-state index in [1.807, 2.05) is 36.1 Å². The number of aryl methyl sites for hydroxylation is 1. The number of ether oxygens (including phenoxy) is 1. The van der Waals surface area contributed by atoms with Gasteiger partial charge in [-0.15, -0.1) is 0 Å². The topological polar surface area (TPSA) is 43.2 Å². The average Bonchev–Trinajstić information content (AvgIpc) is 3.01. The molecule has 1 aromatic carbocycles. The first-order chi connectivity index (χ1) is 11.6. The number of fused-ring (bicyclic) bond motifs is 1. The van der Waals surface area contributed by atoms with E-state index in [-0.39, 0.29) is 6.04 Å². The largest absolute Gasteiger partial charge is 0.377 e. The third-order valence-electron chi connectivity index (χ3n) is 4.54. The number of pyridine rings is 1. The Morgan fingerprint density at radius 3 is 2.92 bits per heavy atom. The van der Waals surface area contributed by atoms with Crippen molar-refractivity contribution in [3.8, 4) is 11.3 Å². The second kappa shape index (κ2) is 6.07. The van der Waals surface area contributed by atoms with Crippen LogP contribution >= 0.6 is 11.6 Å². The van der Waals surface area contributed by atoms with Gasteiger partial charge in [-0.05, 0) is 25.1 Å². The molecule has 1 aliphatic rings. The van der Waals surface area contributed by atoms with Crippen molar-refractivity contribution in [1.29, 1.82) is 0 Å². The Labute approximate surface area is 145 Å². The van der Waals surface area contributed by atoms with Crippen LogP contribution in [0.3, 0.4) is 0 Å². The lowest BCUT2D eigenvalue weighted by molar-refractivity contribution is 0.0986. The zero-order valence-electron chi connectivity index (χ0n) is 13.7. The number of hydrogen-bond acceptors (Lipinski definition) is 4.